The molecule has 45 heavy (non-hydrogen) atoms. The Kier molecular flexibility index (Phi) is 10.3. The second-order valence-electron chi connectivity index (χ2n) is 12.1. The van der Waals surface area contributed by atoms with Gasteiger partial charge in [-0.25, -0.2) is 0 Å². The van der Waals surface area contributed by atoms with E-state index in [1.54, 1.807) is 7.11 Å². The van der Waals surface area contributed by atoms with E-state index >= 15 is 0 Å². The van der Waals surface area contributed by atoms with Crippen LogP contribution in [0.2, 0.25) is 0 Å². The zero-order valence-corrected chi connectivity index (χ0v) is 26.1. The first-order chi connectivity index (χ1) is 22.1. The summed E-state index contributed by atoms with van der Waals surface area (Å²) in [5.41, 5.74) is 4.52. The first-order valence-electron chi connectivity index (χ1n) is 16.2. The minimum absolute atomic E-state index is 0.105. The highest BCUT2D eigenvalue weighted by Gasteiger charge is 2.39. The van der Waals surface area contributed by atoms with Crippen molar-refractivity contribution in [3.8, 4) is 17.2 Å². The van der Waals surface area contributed by atoms with Crippen molar-refractivity contribution in [2.75, 3.05) is 13.7 Å². The molecule has 2 aliphatic heterocycles. The minimum Gasteiger partial charge on any atom is -0.493 e. The third-order valence-corrected chi connectivity index (χ3v) is 8.99. The van der Waals surface area contributed by atoms with Crippen molar-refractivity contribution in [1.29, 1.82) is 0 Å². The zero-order chi connectivity index (χ0) is 30.8. The first kappa shape index (κ1) is 30.7. The van der Waals surface area contributed by atoms with Gasteiger partial charge in [-0.1, -0.05) is 85.3 Å². The van der Waals surface area contributed by atoms with Crippen LogP contribution in [0.3, 0.4) is 0 Å². The van der Waals surface area contributed by atoms with E-state index in [1.807, 2.05) is 66.7 Å². The SMILES string of the molecule is COc1ccc([C@@H]2C[C@H](OC(=O)CCc3ccc(OCc4ccccc4)cc3)C[C@H]3CCCCN32)cc1OCc1ccccc1. The van der Waals surface area contributed by atoms with Gasteiger partial charge >= 0.3 is 5.97 Å². The van der Waals surface area contributed by atoms with Crippen molar-refractivity contribution >= 4 is 5.97 Å². The van der Waals surface area contributed by atoms with Crippen LogP contribution in [0.1, 0.15) is 66.8 Å². The molecule has 0 radical (unpaired) electrons. The number of methoxy groups -OCH3 is 1. The molecule has 6 rings (SSSR count). The number of carbonyl (C=O) groups is 1. The average Bonchev–Trinajstić information content (AvgIpc) is 3.10. The van der Waals surface area contributed by atoms with E-state index < -0.39 is 0 Å². The van der Waals surface area contributed by atoms with E-state index in [0.29, 0.717) is 32.1 Å². The molecule has 0 bridgehead atoms. The van der Waals surface area contributed by atoms with E-state index in [-0.39, 0.29) is 18.1 Å². The lowest BCUT2D eigenvalue weighted by molar-refractivity contribution is -0.154. The van der Waals surface area contributed by atoms with Gasteiger partial charge in [-0.2, -0.15) is 0 Å². The smallest absolute Gasteiger partial charge is 0.306 e. The maximum absolute atomic E-state index is 13.1. The molecule has 4 aromatic carbocycles. The number of ether oxygens (including phenoxy) is 4. The molecule has 234 valence electrons. The number of carbonyl (C=O) groups excluding carboxylic acids is 1. The monoisotopic (exact) mass is 605 g/mol. The Morgan fingerprint density at radius 2 is 1.47 bits per heavy atom. The lowest BCUT2D eigenvalue weighted by Crippen LogP contribution is -2.49. The van der Waals surface area contributed by atoms with Gasteiger partial charge in [0.25, 0.3) is 0 Å². The topological polar surface area (TPSA) is 57.2 Å². The Balaban J connectivity index is 1.06. The van der Waals surface area contributed by atoms with Crippen molar-refractivity contribution in [2.24, 2.45) is 0 Å². The molecule has 0 spiro atoms. The Morgan fingerprint density at radius 1 is 0.756 bits per heavy atom. The lowest BCUT2D eigenvalue weighted by atomic mass is 9.84. The fourth-order valence-electron chi connectivity index (χ4n) is 6.63. The van der Waals surface area contributed by atoms with E-state index in [9.17, 15) is 4.79 Å². The van der Waals surface area contributed by atoms with Gasteiger partial charge in [0.05, 0.1) is 7.11 Å². The summed E-state index contributed by atoms with van der Waals surface area (Å²) in [6.07, 6.45) is 6.12. The fourth-order valence-corrected chi connectivity index (χ4v) is 6.63. The van der Waals surface area contributed by atoms with Crippen LogP contribution in [0.15, 0.2) is 103 Å². The molecule has 6 heteroatoms. The zero-order valence-electron chi connectivity index (χ0n) is 26.1. The van der Waals surface area contributed by atoms with Gasteiger partial charge < -0.3 is 18.9 Å². The molecular formula is C39H43NO5. The van der Waals surface area contributed by atoms with Crippen LogP contribution in [0, 0.1) is 0 Å². The number of hydrogen-bond donors (Lipinski definition) is 0. The summed E-state index contributed by atoms with van der Waals surface area (Å²) in [6, 6.07) is 35.1. The van der Waals surface area contributed by atoms with Crippen LogP contribution >= 0.6 is 0 Å². The summed E-state index contributed by atoms with van der Waals surface area (Å²) >= 11 is 0. The van der Waals surface area contributed by atoms with Crippen molar-refractivity contribution in [3.63, 3.8) is 0 Å². The first-order valence-corrected chi connectivity index (χ1v) is 16.2. The van der Waals surface area contributed by atoms with Crippen LogP contribution in [0.4, 0.5) is 0 Å². The van der Waals surface area contributed by atoms with Gasteiger partial charge in [0, 0.05) is 31.3 Å². The Hall–Kier alpha value is -4.29. The van der Waals surface area contributed by atoms with Gasteiger partial charge in [-0.05, 0) is 72.3 Å². The molecule has 0 N–H and O–H groups in total. The van der Waals surface area contributed by atoms with Crippen LogP contribution in [0.5, 0.6) is 17.2 Å². The summed E-state index contributed by atoms with van der Waals surface area (Å²) < 4.78 is 24.0. The van der Waals surface area contributed by atoms with E-state index in [2.05, 4.69) is 41.3 Å². The Morgan fingerprint density at radius 3 is 2.18 bits per heavy atom. The molecule has 2 aliphatic rings. The number of piperidine rings is 2. The lowest BCUT2D eigenvalue weighted by Gasteiger charge is -2.47. The summed E-state index contributed by atoms with van der Waals surface area (Å²) in [7, 11) is 1.68. The summed E-state index contributed by atoms with van der Waals surface area (Å²) in [4.78, 5) is 15.7. The molecular weight excluding hydrogens is 562 g/mol. The molecule has 0 aromatic heterocycles. The predicted molar refractivity (Wildman–Crippen MR) is 176 cm³/mol. The highest BCUT2D eigenvalue weighted by atomic mass is 16.5. The van der Waals surface area contributed by atoms with Crippen LogP contribution in [0.25, 0.3) is 0 Å². The van der Waals surface area contributed by atoms with Gasteiger partial charge in [-0.3, -0.25) is 9.69 Å². The second kappa shape index (κ2) is 15.1. The fraction of sp³-hybridized carbons (Fsp3) is 0.359. The molecule has 0 unspecified atom stereocenters. The van der Waals surface area contributed by atoms with E-state index in [0.717, 1.165) is 59.7 Å². The number of nitrogens with zero attached hydrogens (tertiary/aromatic N) is 1. The highest BCUT2D eigenvalue weighted by Crippen LogP contribution is 2.42. The van der Waals surface area contributed by atoms with Gasteiger partial charge in [0.15, 0.2) is 11.5 Å². The van der Waals surface area contributed by atoms with E-state index in [4.69, 9.17) is 18.9 Å². The van der Waals surface area contributed by atoms with Crippen molar-refractivity contribution in [1.82, 2.24) is 4.90 Å². The number of aryl methyl sites for hydroxylation is 1. The molecule has 0 saturated carbocycles. The van der Waals surface area contributed by atoms with Crippen molar-refractivity contribution < 1.29 is 23.7 Å². The molecule has 2 saturated heterocycles. The predicted octanol–water partition coefficient (Wildman–Crippen LogP) is 8.09. The largest absolute Gasteiger partial charge is 0.493 e. The summed E-state index contributed by atoms with van der Waals surface area (Å²) in [5, 5.41) is 0. The average molecular weight is 606 g/mol. The molecule has 3 atom stereocenters. The minimum atomic E-state index is -0.131. The maximum atomic E-state index is 13.1. The molecule has 4 aromatic rings. The Labute approximate surface area is 266 Å². The number of esters is 1. The maximum Gasteiger partial charge on any atom is 0.306 e. The standard InChI is InChI=1S/C39H43NO5/c1-42-37-21-18-32(24-38(37)44-28-31-12-6-3-7-13-31)36-26-35(25-33-14-8-9-23-40(33)36)45-39(41)22-17-29-15-19-34(20-16-29)43-27-30-10-4-2-5-11-30/h2-7,10-13,15-16,18-21,24,33,35-36H,8-9,14,17,22-23,25-28H2,1H3/t33-,35-,36+/m1/s1. The van der Waals surface area contributed by atoms with Gasteiger partial charge in [0.1, 0.15) is 25.1 Å². The number of rotatable bonds is 12. The summed E-state index contributed by atoms with van der Waals surface area (Å²) in [5.74, 6) is 2.15. The highest BCUT2D eigenvalue weighted by molar-refractivity contribution is 5.70. The number of fused-ring (bicyclic) bond motifs is 1. The van der Waals surface area contributed by atoms with E-state index in [1.165, 1.54) is 18.4 Å². The van der Waals surface area contributed by atoms with Crippen molar-refractivity contribution in [2.45, 2.75) is 76.3 Å². The number of benzene rings is 4. The quantitative estimate of drug-likeness (QED) is 0.152. The van der Waals surface area contributed by atoms with Crippen LogP contribution in [-0.4, -0.2) is 36.7 Å². The van der Waals surface area contributed by atoms with Gasteiger partial charge in [-0.15, -0.1) is 0 Å². The van der Waals surface area contributed by atoms with Crippen LogP contribution < -0.4 is 14.2 Å². The summed E-state index contributed by atoms with van der Waals surface area (Å²) in [6.45, 7) is 2.07. The molecule has 0 aliphatic carbocycles. The van der Waals surface area contributed by atoms with Gasteiger partial charge in [0.2, 0.25) is 0 Å². The Bertz CT molecular complexity index is 1510. The molecule has 2 fully saturated rings. The molecule has 0 amide bonds. The van der Waals surface area contributed by atoms with Crippen molar-refractivity contribution in [3.05, 3.63) is 125 Å². The third kappa shape index (κ3) is 8.25. The molecule has 6 nitrogen and oxygen atoms in total. The second-order valence-corrected chi connectivity index (χ2v) is 12.1. The van der Waals surface area contributed by atoms with Crippen LogP contribution in [-0.2, 0) is 29.2 Å². The third-order valence-electron chi connectivity index (χ3n) is 8.99. The molecule has 2 heterocycles. The normalized spacial score (nSPS) is 19.7. The number of hydrogen-bond acceptors (Lipinski definition) is 6.